The Kier molecular flexibility index (Phi) is 6.96. The number of hydrogen-bond acceptors (Lipinski definition) is 6. The van der Waals surface area contributed by atoms with Crippen molar-refractivity contribution in [3.63, 3.8) is 0 Å². The van der Waals surface area contributed by atoms with E-state index in [9.17, 15) is 13.6 Å². The Morgan fingerprint density at radius 1 is 1.16 bits per heavy atom. The fourth-order valence-electron chi connectivity index (χ4n) is 2.76. The van der Waals surface area contributed by atoms with Gasteiger partial charge in [0.25, 0.3) is 5.91 Å². The predicted molar refractivity (Wildman–Crippen MR) is 109 cm³/mol. The third-order valence-electron chi connectivity index (χ3n) is 4.38. The summed E-state index contributed by atoms with van der Waals surface area (Å²) in [6, 6.07) is 8.66. The van der Waals surface area contributed by atoms with Crippen LogP contribution in [-0.4, -0.2) is 24.8 Å². The summed E-state index contributed by atoms with van der Waals surface area (Å²) in [5.74, 6) is 0.829. The Hall–Kier alpha value is -3.33. The van der Waals surface area contributed by atoms with Gasteiger partial charge in [0, 0.05) is 11.3 Å². The van der Waals surface area contributed by atoms with E-state index in [4.69, 9.17) is 25.6 Å². The van der Waals surface area contributed by atoms with Crippen molar-refractivity contribution < 1.29 is 32.3 Å². The van der Waals surface area contributed by atoms with Gasteiger partial charge in [0.1, 0.15) is 18.1 Å². The second kappa shape index (κ2) is 9.65. The van der Waals surface area contributed by atoms with Crippen LogP contribution in [0.15, 0.2) is 40.9 Å². The molecule has 0 fully saturated rings. The number of rotatable bonds is 8. The molecule has 0 saturated heterocycles. The van der Waals surface area contributed by atoms with E-state index in [0.717, 1.165) is 11.3 Å². The van der Waals surface area contributed by atoms with Crippen LogP contribution < -0.4 is 19.5 Å². The van der Waals surface area contributed by atoms with Gasteiger partial charge in [-0.15, -0.1) is 0 Å². The molecule has 0 aliphatic rings. The highest BCUT2D eigenvalue weighted by Gasteiger charge is 2.15. The highest BCUT2D eigenvalue weighted by molar-refractivity contribution is 6.32. The lowest BCUT2D eigenvalue weighted by Crippen LogP contribution is -2.12. The van der Waals surface area contributed by atoms with Gasteiger partial charge in [0.05, 0.1) is 23.4 Å². The van der Waals surface area contributed by atoms with Crippen molar-refractivity contribution in [1.29, 1.82) is 0 Å². The van der Waals surface area contributed by atoms with Gasteiger partial charge in [-0.2, -0.15) is 8.78 Å². The molecule has 1 N–H and O–H groups in total. The zero-order chi connectivity index (χ0) is 22.5. The van der Waals surface area contributed by atoms with Crippen LogP contribution in [0.25, 0.3) is 0 Å². The number of aromatic nitrogens is 1. The number of methoxy groups -OCH3 is 1. The van der Waals surface area contributed by atoms with Crippen molar-refractivity contribution in [2.24, 2.45) is 0 Å². The molecule has 1 heterocycles. The minimum Gasteiger partial charge on any atom is -0.493 e. The van der Waals surface area contributed by atoms with Crippen molar-refractivity contribution in [2.45, 2.75) is 27.1 Å². The van der Waals surface area contributed by atoms with Gasteiger partial charge in [-0.1, -0.05) is 16.8 Å². The van der Waals surface area contributed by atoms with Crippen molar-refractivity contribution in [1.82, 2.24) is 5.16 Å². The van der Waals surface area contributed by atoms with Crippen LogP contribution in [0, 0.1) is 13.8 Å². The minimum atomic E-state index is -3.00. The van der Waals surface area contributed by atoms with E-state index in [1.807, 2.05) is 6.92 Å². The van der Waals surface area contributed by atoms with E-state index < -0.39 is 12.5 Å². The molecule has 1 aromatic heterocycles. The number of benzene rings is 2. The van der Waals surface area contributed by atoms with Crippen LogP contribution in [0.1, 0.15) is 27.4 Å². The number of halogens is 3. The molecular formula is C21H19ClF2N2O5. The van der Waals surface area contributed by atoms with Gasteiger partial charge in [-0.3, -0.25) is 4.79 Å². The normalized spacial score (nSPS) is 10.8. The number of nitrogens with zero attached hydrogens (tertiary/aromatic N) is 1. The van der Waals surface area contributed by atoms with Gasteiger partial charge >= 0.3 is 6.61 Å². The molecule has 0 aliphatic heterocycles. The average molecular weight is 453 g/mol. The molecule has 2 aromatic carbocycles. The topological polar surface area (TPSA) is 82.8 Å². The second-order valence-corrected chi connectivity index (χ2v) is 6.84. The molecular weight excluding hydrogens is 434 g/mol. The molecule has 0 radical (unpaired) electrons. The Morgan fingerprint density at radius 2 is 1.90 bits per heavy atom. The van der Waals surface area contributed by atoms with Gasteiger partial charge in [-0.25, -0.2) is 0 Å². The largest absolute Gasteiger partial charge is 0.493 e. The zero-order valence-electron chi connectivity index (χ0n) is 16.9. The predicted octanol–water partition coefficient (Wildman–Crippen LogP) is 5.39. The number of hydrogen-bond donors (Lipinski definition) is 1. The lowest BCUT2D eigenvalue weighted by atomic mass is 10.1. The first-order chi connectivity index (χ1) is 14.8. The highest BCUT2D eigenvalue weighted by Crippen LogP contribution is 2.31. The maximum Gasteiger partial charge on any atom is 0.387 e. The van der Waals surface area contributed by atoms with Crippen molar-refractivity contribution in [3.05, 3.63) is 64.0 Å². The first-order valence-electron chi connectivity index (χ1n) is 9.06. The van der Waals surface area contributed by atoms with Gasteiger partial charge in [-0.05, 0) is 50.2 Å². The van der Waals surface area contributed by atoms with Crippen LogP contribution >= 0.6 is 11.6 Å². The first-order valence-corrected chi connectivity index (χ1v) is 9.44. The van der Waals surface area contributed by atoms with Crippen molar-refractivity contribution >= 4 is 23.2 Å². The molecule has 1 amide bonds. The summed E-state index contributed by atoms with van der Waals surface area (Å²) >= 11 is 5.91. The zero-order valence-corrected chi connectivity index (χ0v) is 17.6. The number of anilines is 1. The van der Waals surface area contributed by atoms with Gasteiger partial charge in [0.2, 0.25) is 0 Å². The van der Waals surface area contributed by atoms with Crippen LogP contribution in [0.2, 0.25) is 5.02 Å². The lowest BCUT2D eigenvalue weighted by Gasteiger charge is -2.13. The van der Waals surface area contributed by atoms with E-state index in [0.29, 0.717) is 28.5 Å². The van der Waals surface area contributed by atoms with Crippen molar-refractivity contribution in [2.75, 3.05) is 12.4 Å². The third-order valence-corrected chi connectivity index (χ3v) is 4.68. The minimum absolute atomic E-state index is 0.0567. The van der Waals surface area contributed by atoms with Crippen LogP contribution in [0.4, 0.5) is 14.5 Å². The molecule has 10 heteroatoms. The molecule has 0 saturated carbocycles. The summed E-state index contributed by atoms with van der Waals surface area (Å²) in [6.45, 7) is 0.845. The fourth-order valence-corrected chi connectivity index (χ4v) is 2.98. The van der Waals surface area contributed by atoms with E-state index in [-0.39, 0.29) is 17.4 Å². The number of carbonyl (C=O) groups excluding carboxylic acids is 1. The average Bonchev–Trinajstić information content (AvgIpc) is 3.05. The summed E-state index contributed by atoms with van der Waals surface area (Å²) in [6.07, 6.45) is 0. The number of amides is 1. The van der Waals surface area contributed by atoms with E-state index in [2.05, 4.69) is 15.2 Å². The highest BCUT2D eigenvalue weighted by atomic mass is 35.5. The fraction of sp³-hybridized carbons (Fsp3) is 0.238. The molecule has 3 aromatic rings. The molecule has 7 nitrogen and oxygen atoms in total. The number of aryl methyl sites for hydroxylation is 2. The quantitative estimate of drug-likeness (QED) is 0.493. The van der Waals surface area contributed by atoms with E-state index >= 15 is 0 Å². The molecule has 0 aliphatic carbocycles. The molecule has 31 heavy (non-hydrogen) atoms. The van der Waals surface area contributed by atoms with E-state index in [1.165, 1.54) is 31.4 Å². The molecule has 3 rings (SSSR count). The molecule has 0 bridgehead atoms. The summed E-state index contributed by atoms with van der Waals surface area (Å²) in [5, 5.41) is 6.46. The summed E-state index contributed by atoms with van der Waals surface area (Å²) in [7, 11) is 1.46. The van der Waals surface area contributed by atoms with Gasteiger partial charge < -0.3 is 24.1 Å². The smallest absolute Gasteiger partial charge is 0.387 e. The number of nitrogens with one attached hydrogen (secondary N) is 1. The molecule has 164 valence electrons. The Bertz CT molecular complexity index is 1070. The SMILES string of the molecule is COc1cc(C(=O)Nc2ccc(OC(F)F)c(Cl)c2)ccc1OCc1c(C)noc1C. The Morgan fingerprint density at radius 3 is 2.52 bits per heavy atom. The standard InChI is InChI=1S/C21H19ClF2N2O5/c1-11-15(12(2)31-26-11)10-29-18-6-4-13(8-19(18)28-3)20(27)25-14-5-7-17(16(22)9-14)30-21(23)24/h4-9,21H,10H2,1-3H3,(H,25,27). The van der Waals surface area contributed by atoms with E-state index in [1.54, 1.807) is 19.1 Å². The summed E-state index contributed by atoms with van der Waals surface area (Å²) < 4.78 is 45.2. The molecule has 0 unspecified atom stereocenters. The van der Waals surface area contributed by atoms with Crippen molar-refractivity contribution in [3.8, 4) is 17.2 Å². The number of carbonyl (C=O) groups is 1. The Balaban J connectivity index is 1.71. The lowest BCUT2D eigenvalue weighted by molar-refractivity contribution is -0.0497. The third kappa shape index (κ3) is 5.43. The maximum atomic E-state index is 12.6. The summed E-state index contributed by atoms with van der Waals surface area (Å²) in [5.41, 5.74) is 2.18. The monoisotopic (exact) mass is 452 g/mol. The number of ether oxygens (including phenoxy) is 3. The number of alkyl halides is 2. The maximum absolute atomic E-state index is 12.6. The first kappa shape index (κ1) is 22.4. The van der Waals surface area contributed by atoms with Crippen LogP contribution in [0.3, 0.4) is 0 Å². The Labute approximate surface area is 181 Å². The van der Waals surface area contributed by atoms with Gasteiger partial charge in [0.15, 0.2) is 11.5 Å². The summed E-state index contributed by atoms with van der Waals surface area (Å²) in [4.78, 5) is 12.6. The second-order valence-electron chi connectivity index (χ2n) is 6.43. The molecule has 0 atom stereocenters. The van der Waals surface area contributed by atoms with Crippen LogP contribution in [0.5, 0.6) is 17.2 Å². The van der Waals surface area contributed by atoms with Crippen LogP contribution in [-0.2, 0) is 6.61 Å². The molecule has 0 spiro atoms.